The third-order valence-electron chi connectivity index (χ3n) is 3.46. The quantitative estimate of drug-likeness (QED) is 0.847. The molecule has 3 rings (SSSR count). The number of pyridine rings is 1. The highest BCUT2D eigenvalue weighted by Crippen LogP contribution is 2.37. The topological polar surface area (TPSA) is 45.1 Å². The van der Waals surface area contributed by atoms with Crippen molar-refractivity contribution in [2.24, 2.45) is 0 Å². The summed E-state index contributed by atoms with van der Waals surface area (Å²) in [6.45, 7) is 1.99. The van der Waals surface area contributed by atoms with Crippen LogP contribution in [0.1, 0.15) is 29.3 Å². The van der Waals surface area contributed by atoms with Crippen LogP contribution in [0.3, 0.4) is 0 Å². The van der Waals surface area contributed by atoms with Gasteiger partial charge in [-0.3, -0.25) is 0 Å². The Kier molecular flexibility index (Phi) is 2.67. The summed E-state index contributed by atoms with van der Waals surface area (Å²) in [5.74, 6) is 1.31. The molecule has 1 atom stereocenters. The van der Waals surface area contributed by atoms with E-state index in [2.05, 4.69) is 16.4 Å². The Morgan fingerprint density at radius 3 is 2.89 bits per heavy atom. The van der Waals surface area contributed by atoms with Gasteiger partial charge in [0.05, 0.1) is 6.04 Å². The molecule has 0 aliphatic heterocycles. The van der Waals surface area contributed by atoms with Gasteiger partial charge >= 0.3 is 0 Å². The summed E-state index contributed by atoms with van der Waals surface area (Å²) in [5.41, 5.74) is 3.27. The number of phenolic OH excluding ortho intramolecular Hbond substituents is 1. The molecule has 0 saturated heterocycles. The highest BCUT2D eigenvalue weighted by molar-refractivity contribution is 5.48. The normalized spacial score (nSPS) is 17.5. The number of hydrogen-bond donors (Lipinski definition) is 2. The van der Waals surface area contributed by atoms with Gasteiger partial charge in [0.15, 0.2) is 0 Å². The van der Waals surface area contributed by atoms with Crippen LogP contribution in [0.4, 0.5) is 5.82 Å². The van der Waals surface area contributed by atoms with Crippen molar-refractivity contribution in [3.05, 3.63) is 53.2 Å². The number of nitrogens with one attached hydrogen (secondary N) is 1. The molecule has 18 heavy (non-hydrogen) atoms. The number of nitrogens with zero attached hydrogens (tertiary/aromatic N) is 1. The Labute approximate surface area is 107 Å². The van der Waals surface area contributed by atoms with Crippen LogP contribution in [-0.2, 0) is 6.42 Å². The largest absolute Gasteiger partial charge is 0.508 e. The van der Waals surface area contributed by atoms with E-state index in [4.69, 9.17) is 0 Å². The molecule has 2 aromatic rings. The molecule has 3 nitrogen and oxygen atoms in total. The Balaban J connectivity index is 1.87. The molecular formula is C15H16N2O. The van der Waals surface area contributed by atoms with Crippen molar-refractivity contribution in [3.8, 4) is 5.75 Å². The van der Waals surface area contributed by atoms with Crippen LogP contribution in [0.15, 0.2) is 36.4 Å². The van der Waals surface area contributed by atoms with Crippen LogP contribution in [0, 0.1) is 6.92 Å². The molecule has 1 aromatic carbocycles. The van der Waals surface area contributed by atoms with Gasteiger partial charge in [0, 0.05) is 5.69 Å². The Bertz CT molecular complexity index is 580. The van der Waals surface area contributed by atoms with Crippen molar-refractivity contribution >= 4 is 5.82 Å². The monoisotopic (exact) mass is 240 g/mol. The second-order valence-electron chi connectivity index (χ2n) is 4.74. The summed E-state index contributed by atoms with van der Waals surface area (Å²) >= 11 is 0. The number of aromatic hydroxyl groups is 1. The summed E-state index contributed by atoms with van der Waals surface area (Å²) in [6, 6.07) is 12.0. The first kappa shape index (κ1) is 11.1. The summed E-state index contributed by atoms with van der Waals surface area (Å²) in [4.78, 5) is 4.46. The van der Waals surface area contributed by atoms with Crippen LogP contribution in [-0.4, -0.2) is 10.1 Å². The van der Waals surface area contributed by atoms with Crippen molar-refractivity contribution in [2.45, 2.75) is 25.8 Å². The first-order chi connectivity index (χ1) is 8.74. The van der Waals surface area contributed by atoms with E-state index in [1.54, 1.807) is 6.07 Å². The van der Waals surface area contributed by atoms with Crippen molar-refractivity contribution < 1.29 is 5.11 Å². The number of aromatic nitrogens is 1. The lowest BCUT2D eigenvalue weighted by Gasteiger charge is -2.15. The fourth-order valence-corrected chi connectivity index (χ4v) is 2.59. The second-order valence-corrected chi connectivity index (χ2v) is 4.74. The standard InChI is InChI=1S/C15H16N2O/c1-10-4-2-7-15(16-10)17-13-9-8-12-11(13)5-3-6-14(12)18/h2-7,13,18H,8-9H2,1H3,(H,16,17). The van der Waals surface area contributed by atoms with Gasteiger partial charge in [-0.1, -0.05) is 18.2 Å². The minimum absolute atomic E-state index is 0.251. The van der Waals surface area contributed by atoms with E-state index in [9.17, 15) is 5.11 Å². The van der Waals surface area contributed by atoms with Crippen molar-refractivity contribution in [1.82, 2.24) is 4.98 Å². The average Bonchev–Trinajstić information content (AvgIpc) is 2.74. The van der Waals surface area contributed by atoms with Gasteiger partial charge in [0.1, 0.15) is 11.6 Å². The lowest BCUT2D eigenvalue weighted by molar-refractivity contribution is 0.469. The Hall–Kier alpha value is -2.03. The molecule has 0 saturated carbocycles. The number of hydrogen-bond acceptors (Lipinski definition) is 3. The molecule has 1 aliphatic carbocycles. The second kappa shape index (κ2) is 4.33. The SMILES string of the molecule is Cc1cccc(NC2CCc3c(O)cccc32)n1. The third-order valence-corrected chi connectivity index (χ3v) is 3.46. The maximum absolute atomic E-state index is 9.82. The van der Waals surface area contributed by atoms with Crippen LogP contribution in [0.5, 0.6) is 5.75 Å². The van der Waals surface area contributed by atoms with Crippen LogP contribution in [0.25, 0.3) is 0 Å². The van der Waals surface area contributed by atoms with E-state index < -0.39 is 0 Å². The van der Waals surface area contributed by atoms with Gasteiger partial charge < -0.3 is 10.4 Å². The molecule has 1 unspecified atom stereocenters. The zero-order valence-corrected chi connectivity index (χ0v) is 10.4. The first-order valence-corrected chi connectivity index (χ1v) is 6.25. The van der Waals surface area contributed by atoms with Gasteiger partial charge in [-0.25, -0.2) is 4.98 Å². The zero-order valence-electron chi connectivity index (χ0n) is 10.4. The van der Waals surface area contributed by atoms with Crippen LogP contribution >= 0.6 is 0 Å². The van der Waals surface area contributed by atoms with E-state index in [-0.39, 0.29) is 6.04 Å². The lowest BCUT2D eigenvalue weighted by Crippen LogP contribution is -2.08. The van der Waals surface area contributed by atoms with Gasteiger partial charge in [-0.2, -0.15) is 0 Å². The van der Waals surface area contributed by atoms with Gasteiger partial charge in [0.25, 0.3) is 0 Å². The zero-order chi connectivity index (χ0) is 12.5. The highest BCUT2D eigenvalue weighted by atomic mass is 16.3. The summed E-state index contributed by atoms with van der Waals surface area (Å²) in [5, 5.41) is 13.3. The Morgan fingerprint density at radius 1 is 1.22 bits per heavy atom. The lowest BCUT2D eigenvalue weighted by atomic mass is 10.1. The maximum atomic E-state index is 9.82. The number of benzene rings is 1. The first-order valence-electron chi connectivity index (χ1n) is 6.25. The number of rotatable bonds is 2. The fraction of sp³-hybridized carbons (Fsp3) is 0.267. The number of fused-ring (bicyclic) bond motifs is 1. The van der Waals surface area contributed by atoms with Gasteiger partial charge in [-0.05, 0) is 49.1 Å². The molecule has 92 valence electrons. The molecule has 1 aliphatic rings. The number of aryl methyl sites for hydroxylation is 1. The molecule has 0 fully saturated rings. The molecule has 0 bridgehead atoms. The number of anilines is 1. The molecule has 1 aromatic heterocycles. The predicted molar refractivity (Wildman–Crippen MR) is 71.8 cm³/mol. The molecule has 3 heteroatoms. The summed E-state index contributed by atoms with van der Waals surface area (Å²) < 4.78 is 0. The predicted octanol–water partition coefficient (Wildman–Crippen LogP) is 3.20. The molecule has 0 radical (unpaired) electrons. The minimum Gasteiger partial charge on any atom is -0.508 e. The van der Waals surface area contributed by atoms with E-state index >= 15 is 0 Å². The molecule has 0 amide bonds. The molecular weight excluding hydrogens is 224 g/mol. The van der Waals surface area contributed by atoms with Crippen molar-refractivity contribution in [2.75, 3.05) is 5.32 Å². The fourth-order valence-electron chi connectivity index (χ4n) is 2.59. The molecule has 0 spiro atoms. The number of phenols is 1. The molecule has 1 heterocycles. The summed E-state index contributed by atoms with van der Waals surface area (Å²) in [6.07, 6.45) is 1.92. The third kappa shape index (κ3) is 1.92. The van der Waals surface area contributed by atoms with Crippen molar-refractivity contribution in [1.29, 1.82) is 0 Å². The molecule has 2 N–H and O–H groups in total. The van der Waals surface area contributed by atoms with Crippen molar-refractivity contribution in [3.63, 3.8) is 0 Å². The average molecular weight is 240 g/mol. The van der Waals surface area contributed by atoms with Crippen LogP contribution in [0.2, 0.25) is 0 Å². The van der Waals surface area contributed by atoms with E-state index in [0.717, 1.165) is 29.9 Å². The smallest absolute Gasteiger partial charge is 0.126 e. The van der Waals surface area contributed by atoms with E-state index in [1.807, 2.05) is 31.2 Å². The van der Waals surface area contributed by atoms with Gasteiger partial charge in [-0.15, -0.1) is 0 Å². The highest BCUT2D eigenvalue weighted by Gasteiger charge is 2.24. The minimum atomic E-state index is 0.251. The maximum Gasteiger partial charge on any atom is 0.126 e. The van der Waals surface area contributed by atoms with Crippen LogP contribution < -0.4 is 5.32 Å². The Morgan fingerprint density at radius 2 is 2.06 bits per heavy atom. The van der Waals surface area contributed by atoms with E-state index in [0.29, 0.717) is 5.75 Å². The van der Waals surface area contributed by atoms with E-state index in [1.165, 1.54) is 5.56 Å². The summed E-state index contributed by atoms with van der Waals surface area (Å²) in [7, 11) is 0. The van der Waals surface area contributed by atoms with Gasteiger partial charge in [0.2, 0.25) is 0 Å².